The standard InChI is InChI=1S/C14H18N4O2S/c1-8-11(21-9(2)15-8)13-17-18-14(20-13)16-12(19)10-6-4-3-5-7-10/h10H,3-7H2,1-2H3,(H,16,18,19). The smallest absolute Gasteiger partial charge is 0.322 e. The van der Waals surface area contributed by atoms with E-state index in [2.05, 4.69) is 20.5 Å². The molecule has 1 amide bonds. The van der Waals surface area contributed by atoms with Gasteiger partial charge in [-0.05, 0) is 26.7 Å². The number of amides is 1. The van der Waals surface area contributed by atoms with Gasteiger partial charge in [-0.2, -0.15) is 0 Å². The van der Waals surface area contributed by atoms with Gasteiger partial charge in [0.15, 0.2) is 0 Å². The predicted molar refractivity (Wildman–Crippen MR) is 80.1 cm³/mol. The molecule has 112 valence electrons. The largest absolute Gasteiger partial charge is 0.402 e. The number of hydrogen-bond donors (Lipinski definition) is 1. The number of thiazole rings is 1. The highest BCUT2D eigenvalue weighted by Gasteiger charge is 2.23. The van der Waals surface area contributed by atoms with Crippen molar-refractivity contribution in [3.05, 3.63) is 10.7 Å². The summed E-state index contributed by atoms with van der Waals surface area (Å²) in [6.07, 6.45) is 5.34. The van der Waals surface area contributed by atoms with Crippen LogP contribution in [0.3, 0.4) is 0 Å². The molecule has 1 aliphatic rings. The molecule has 0 aromatic carbocycles. The van der Waals surface area contributed by atoms with Crippen molar-refractivity contribution in [3.63, 3.8) is 0 Å². The molecule has 1 saturated carbocycles. The van der Waals surface area contributed by atoms with Gasteiger partial charge in [0, 0.05) is 5.92 Å². The second-order valence-corrected chi connectivity index (χ2v) is 6.59. The Labute approximate surface area is 127 Å². The molecule has 2 aromatic heterocycles. The Morgan fingerprint density at radius 1 is 1.24 bits per heavy atom. The predicted octanol–water partition coefficient (Wildman–Crippen LogP) is 3.33. The van der Waals surface area contributed by atoms with E-state index in [1.165, 1.54) is 17.8 Å². The lowest BCUT2D eigenvalue weighted by molar-refractivity contribution is -0.120. The van der Waals surface area contributed by atoms with Crippen molar-refractivity contribution in [2.45, 2.75) is 46.0 Å². The van der Waals surface area contributed by atoms with E-state index in [4.69, 9.17) is 4.42 Å². The van der Waals surface area contributed by atoms with E-state index in [0.717, 1.165) is 41.3 Å². The minimum absolute atomic E-state index is 0.0119. The highest BCUT2D eigenvalue weighted by molar-refractivity contribution is 7.15. The van der Waals surface area contributed by atoms with Crippen molar-refractivity contribution >= 4 is 23.3 Å². The quantitative estimate of drug-likeness (QED) is 0.940. The monoisotopic (exact) mass is 306 g/mol. The first kappa shape index (κ1) is 14.2. The van der Waals surface area contributed by atoms with Crippen molar-refractivity contribution in [3.8, 4) is 10.8 Å². The van der Waals surface area contributed by atoms with Gasteiger partial charge in [-0.25, -0.2) is 4.98 Å². The number of anilines is 1. The van der Waals surface area contributed by atoms with Gasteiger partial charge in [0.25, 0.3) is 5.89 Å². The maximum atomic E-state index is 12.1. The first-order chi connectivity index (χ1) is 10.1. The van der Waals surface area contributed by atoms with Crippen LogP contribution in [0.25, 0.3) is 10.8 Å². The van der Waals surface area contributed by atoms with Crippen LogP contribution in [-0.2, 0) is 4.79 Å². The fraction of sp³-hybridized carbons (Fsp3) is 0.571. The van der Waals surface area contributed by atoms with E-state index >= 15 is 0 Å². The van der Waals surface area contributed by atoms with Gasteiger partial charge < -0.3 is 4.42 Å². The number of nitrogens with zero attached hydrogens (tertiary/aromatic N) is 3. The zero-order chi connectivity index (χ0) is 14.8. The molecule has 0 atom stereocenters. The number of hydrogen-bond acceptors (Lipinski definition) is 6. The summed E-state index contributed by atoms with van der Waals surface area (Å²) in [7, 11) is 0. The molecule has 0 aliphatic heterocycles. The van der Waals surface area contributed by atoms with Crippen molar-refractivity contribution in [2.75, 3.05) is 5.32 Å². The molecular formula is C14H18N4O2S. The zero-order valence-corrected chi connectivity index (χ0v) is 13.0. The molecule has 21 heavy (non-hydrogen) atoms. The lowest BCUT2D eigenvalue weighted by Crippen LogP contribution is -2.24. The molecular weight excluding hydrogens is 288 g/mol. The van der Waals surface area contributed by atoms with Crippen LogP contribution in [-0.4, -0.2) is 21.1 Å². The number of aromatic nitrogens is 3. The molecule has 1 aliphatic carbocycles. The topological polar surface area (TPSA) is 80.9 Å². The van der Waals surface area contributed by atoms with Crippen LogP contribution in [0.15, 0.2) is 4.42 Å². The van der Waals surface area contributed by atoms with E-state index < -0.39 is 0 Å². The fourth-order valence-corrected chi connectivity index (χ4v) is 3.51. The summed E-state index contributed by atoms with van der Waals surface area (Å²) in [4.78, 5) is 17.3. The minimum Gasteiger partial charge on any atom is -0.402 e. The maximum absolute atomic E-state index is 12.1. The van der Waals surface area contributed by atoms with Crippen LogP contribution in [0, 0.1) is 19.8 Å². The van der Waals surface area contributed by atoms with Gasteiger partial charge in [-0.1, -0.05) is 24.4 Å². The van der Waals surface area contributed by atoms with Crippen molar-refractivity contribution < 1.29 is 9.21 Å². The van der Waals surface area contributed by atoms with Crippen LogP contribution >= 0.6 is 11.3 Å². The van der Waals surface area contributed by atoms with Crippen LogP contribution in [0.1, 0.15) is 42.8 Å². The second-order valence-electron chi connectivity index (χ2n) is 5.38. The Kier molecular flexibility index (Phi) is 4.01. The van der Waals surface area contributed by atoms with E-state index in [0.29, 0.717) is 5.89 Å². The number of carbonyl (C=O) groups is 1. The molecule has 7 heteroatoms. The molecule has 2 aromatic rings. The summed E-state index contributed by atoms with van der Waals surface area (Å²) < 4.78 is 5.54. The summed E-state index contributed by atoms with van der Waals surface area (Å²) in [5.41, 5.74) is 0.867. The normalized spacial score (nSPS) is 16.1. The molecule has 3 rings (SSSR count). The molecule has 0 unspecified atom stereocenters. The number of rotatable bonds is 3. The lowest BCUT2D eigenvalue weighted by atomic mass is 9.89. The first-order valence-electron chi connectivity index (χ1n) is 7.22. The molecule has 6 nitrogen and oxygen atoms in total. The third-order valence-corrected chi connectivity index (χ3v) is 4.79. The van der Waals surface area contributed by atoms with Gasteiger partial charge in [-0.3, -0.25) is 10.1 Å². The average Bonchev–Trinajstić information content (AvgIpc) is 3.06. The summed E-state index contributed by atoms with van der Waals surface area (Å²) >= 11 is 1.51. The molecule has 0 spiro atoms. The molecule has 1 N–H and O–H groups in total. The van der Waals surface area contributed by atoms with Crippen LogP contribution in [0.4, 0.5) is 6.01 Å². The molecule has 0 radical (unpaired) electrons. The molecule has 1 fully saturated rings. The SMILES string of the molecule is Cc1nc(C)c(-c2nnc(NC(=O)C3CCCCC3)o2)s1. The summed E-state index contributed by atoms with van der Waals surface area (Å²) in [5, 5.41) is 11.6. The average molecular weight is 306 g/mol. The van der Waals surface area contributed by atoms with Crippen LogP contribution in [0.2, 0.25) is 0 Å². The molecule has 2 heterocycles. The number of nitrogens with one attached hydrogen (secondary N) is 1. The highest BCUT2D eigenvalue weighted by atomic mass is 32.1. The lowest BCUT2D eigenvalue weighted by Gasteiger charge is -2.19. The number of aryl methyl sites for hydroxylation is 2. The van der Waals surface area contributed by atoms with E-state index in [-0.39, 0.29) is 17.8 Å². The summed E-state index contributed by atoms with van der Waals surface area (Å²) in [6, 6.07) is 0.172. The van der Waals surface area contributed by atoms with Gasteiger partial charge >= 0.3 is 6.01 Å². The van der Waals surface area contributed by atoms with E-state index in [1.54, 1.807) is 0 Å². The Bertz CT molecular complexity index is 643. The zero-order valence-electron chi connectivity index (χ0n) is 12.2. The van der Waals surface area contributed by atoms with Gasteiger partial charge in [-0.15, -0.1) is 16.4 Å². The third-order valence-electron chi connectivity index (χ3n) is 3.73. The van der Waals surface area contributed by atoms with Gasteiger partial charge in [0.2, 0.25) is 5.91 Å². The van der Waals surface area contributed by atoms with E-state index in [1.807, 2.05) is 13.8 Å². The van der Waals surface area contributed by atoms with Gasteiger partial charge in [0.1, 0.15) is 4.88 Å². The minimum atomic E-state index is -0.0119. The summed E-state index contributed by atoms with van der Waals surface area (Å²) in [6.45, 7) is 3.84. The second kappa shape index (κ2) is 5.93. The Hall–Kier alpha value is -1.76. The van der Waals surface area contributed by atoms with Gasteiger partial charge in [0.05, 0.1) is 10.7 Å². The Morgan fingerprint density at radius 2 is 2.00 bits per heavy atom. The maximum Gasteiger partial charge on any atom is 0.322 e. The molecule has 0 bridgehead atoms. The summed E-state index contributed by atoms with van der Waals surface area (Å²) in [5.74, 6) is 0.473. The Balaban J connectivity index is 1.70. The third kappa shape index (κ3) is 3.12. The Morgan fingerprint density at radius 3 is 2.67 bits per heavy atom. The van der Waals surface area contributed by atoms with Crippen molar-refractivity contribution in [2.24, 2.45) is 5.92 Å². The van der Waals surface area contributed by atoms with Crippen molar-refractivity contribution in [1.29, 1.82) is 0 Å². The first-order valence-corrected chi connectivity index (χ1v) is 8.04. The van der Waals surface area contributed by atoms with Crippen LogP contribution in [0.5, 0.6) is 0 Å². The number of carbonyl (C=O) groups excluding carboxylic acids is 1. The van der Waals surface area contributed by atoms with E-state index in [9.17, 15) is 4.79 Å². The molecule has 0 saturated heterocycles. The van der Waals surface area contributed by atoms with Crippen molar-refractivity contribution in [1.82, 2.24) is 15.2 Å². The van der Waals surface area contributed by atoms with Crippen LogP contribution < -0.4 is 5.32 Å². The highest BCUT2D eigenvalue weighted by Crippen LogP contribution is 2.30. The fourth-order valence-electron chi connectivity index (χ4n) is 2.67.